The molecule has 27 heavy (non-hydrogen) atoms. The molecule has 2 heterocycles. The predicted molar refractivity (Wildman–Crippen MR) is 76.2 cm³/mol. The summed E-state index contributed by atoms with van der Waals surface area (Å²) in [5.74, 6) is -4.71. The Morgan fingerprint density at radius 1 is 0.852 bits per heavy atom. The van der Waals surface area contributed by atoms with Gasteiger partial charge in [0.1, 0.15) is 11.4 Å². The van der Waals surface area contributed by atoms with Crippen molar-refractivity contribution in [2.75, 3.05) is 0 Å². The largest absolute Gasteiger partial charge is 0.433 e. The lowest BCUT2D eigenvalue weighted by Crippen LogP contribution is -2.24. The highest BCUT2D eigenvalue weighted by Crippen LogP contribution is 2.30. The molecule has 5 nitrogen and oxygen atoms in total. The van der Waals surface area contributed by atoms with Crippen molar-refractivity contribution >= 4 is 11.6 Å². The average Bonchev–Trinajstić information content (AvgIpc) is 2.61. The fourth-order valence-corrected chi connectivity index (χ4v) is 2.05. The first-order valence-electron chi connectivity index (χ1n) is 6.99. The molecular weight excluding hydrogens is 380 g/mol. The molecule has 0 spiro atoms. The second-order valence-electron chi connectivity index (χ2n) is 5.15. The molecule has 0 N–H and O–H groups in total. The molecule has 2 aromatic rings. The third-order valence-corrected chi connectivity index (χ3v) is 3.32. The molecule has 0 unspecified atom stereocenters. The van der Waals surface area contributed by atoms with Gasteiger partial charge in [-0.25, -0.2) is 0 Å². The number of aromatic nitrogens is 2. The summed E-state index contributed by atoms with van der Waals surface area (Å²) in [5.41, 5.74) is -4.08. The van der Waals surface area contributed by atoms with Crippen LogP contribution in [0.25, 0.3) is 0 Å². The molecule has 0 amide bonds. The van der Waals surface area contributed by atoms with Crippen LogP contribution in [0.5, 0.6) is 0 Å². The third-order valence-electron chi connectivity index (χ3n) is 3.32. The lowest BCUT2D eigenvalue weighted by Gasteiger charge is -2.11. The monoisotopic (exact) mass is 387 g/mol. The lowest BCUT2D eigenvalue weighted by molar-refractivity contribution is -0.142. The molecule has 0 aliphatic rings. The molecule has 2 rings (SSSR count). The molecule has 140 valence electrons. The zero-order valence-electron chi connectivity index (χ0n) is 13.0. The fourth-order valence-electron chi connectivity index (χ4n) is 2.05. The van der Waals surface area contributed by atoms with Crippen LogP contribution in [0.15, 0.2) is 36.7 Å². The van der Waals surface area contributed by atoms with Gasteiger partial charge in [0.05, 0.1) is 6.07 Å². The molecule has 0 aliphatic carbocycles. The van der Waals surface area contributed by atoms with Crippen molar-refractivity contribution in [3.05, 3.63) is 59.2 Å². The van der Waals surface area contributed by atoms with Crippen LogP contribution in [0.4, 0.5) is 26.3 Å². The highest BCUT2D eigenvalue weighted by Gasteiger charge is 2.36. The van der Waals surface area contributed by atoms with Crippen LogP contribution in [0, 0.1) is 17.2 Å². The third kappa shape index (κ3) is 4.46. The second kappa shape index (κ2) is 7.14. The zero-order chi connectivity index (χ0) is 20.4. The van der Waals surface area contributed by atoms with E-state index in [9.17, 15) is 35.9 Å². The van der Waals surface area contributed by atoms with Gasteiger partial charge in [-0.2, -0.15) is 31.6 Å². The van der Waals surface area contributed by atoms with E-state index >= 15 is 0 Å². The van der Waals surface area contributed by atoms with Crippen molar-refractivity contribution in [2.45, 2.75) is 12.4 Å². The second-order valence-corrected chi connectivity index (χ2v) is 5.15. The summed E-state index contributed by atoms with van der Waals surface area (Å²) in [4.78, 5) is 30.6. The van der Waals surface area contributed by atoms with Gasteiger partial charge in [0.25, 0.3) is 0 Å². The Kier molecular flexibility index (Phi) is 5.30. The SMILES string of the molecule is N#CC(C(=O)c1ccnc(C(F)(F)F)c1)C(=O)c1ccnc(C(F)(F)F)c1. The number of pyridine rings is 2. The molecule has 0 saturated heterocycles. The quantitative estimate of drug-likeness (QED) is 0.454. The van der Waals surface area contributed by atoms with Crippen molar-refractivity contribution in [1.29, 1.82) is 5.26 Å². The first-order valence-corrected chi connectivity index (χ1v) is 6.99. The molecule has 0 bridgehead atoms. The number of nitrogens with zero attached hydrogens (tertiary/aromatic N) is 3. The summed E-state index contributed by atoms with van der Waals surface area (Å²) < 4.78 is 76.0. The van der Waals surface area contributed by atoms with Crippen molar-refractivity contribution < 1.29 is 35.9 Å². The first-order chi connectivity index (χ1) is 12.4. The number of hydrogen-bond acceptors (Lipinski definition) is 5. The number of nitriles is 1. The molecule has 2 aromatic heterocycles. The van der Waals surface area contributed by atoms with Crippen LogP contribution >= 0.6 is 0 Å². The molecule has 11 heteroatoms. The average molecular weight is 387 g/mol. The van der Waals surface area contributed by atoms with Crippen molar-refractivity contribution in [1.82, 2.24) is 9.97 Å². The van der Waals surface area contributed by atoms with E-state index in [0.29, 0.717) is 24.5 Å². The van der Waals surface area contributed by atoms with Crippen LogP contribution in [-0.4, -0.2) is 21.5 Å². The van der Waals surface area contributed by atoms with E-state index in [4.69, 9.17) is 5.26 Å². The van der Waals surface area contributed by atoms with E-state index in [1.807, 2.05) is 0 Å². The van der Waals surface area contributed by atoms with Crippen LogP contribution in [0.1, 0.15) is 32.1 Å². The van der Waals surface area contributed by atoms with E-state index in [2.05, 4.69) is 9.97 Å². The van der Waals surface area contributed by atoms with Gasteiger partial charge in [-0.1, -0.05) is 0 Å². The summed E-state index contributed by atoms with van der Waals surface area (Å²) in [6.07, 6.45) is -8.39. The smallest absolute Gasteiger partial charge is 0.292 e. The highest BCUT2D eigenvalue weighted by atomic mass is 19.4. The zero-order valence-corrected chi connectivity index (χ0v) is 13.0. The topological polar surface area (TPSA) is 83.7 Å². The van der Waals surface area contributed by atoms with Crippen molar-refractivity contribution in [3.8, 4) is 6.07 Å². The minimum atomic E-state index is -4.87. The molecule has 0 fully saturated rings. The van der Waals surface area contributed by atoms with Crippen LogP contribution in [0.3, 0.4) is 0 Å². The van der Waals surface area contributed by atoms with Crippen molar-refractivity contribution in [2.24, 2.45) is 5.92 Å². The lowest BCUT2D eigenvalue weighted by atomic mass is 9.91. The fraction of sp³-hybridized carbons (Fsp3) is 0.188. The first kappa shape index (κ1) is 20.0. The number of Topliss-reactive ketones (excluding diaryl/α,β-unsaturated/α-hetero) is 2. The molecule has 0 radical (unpaired) electrons. The van der Waals surface area contributed by atoms with Crippen LogP contribution < -0.4 is 0 Å². The molecule has 0 atom stereocenters. The normalized spacial score (nSPS) is 11.9. The Balaban J connectivity index is 2.38. The van der Waals surface area contributed by atoms with Gasteiger partial charge < -0.3 is 0 Å². The van der Waals surface area contributed by atoms with E-state index in [1.165, 1.54) is 6.07 Å². The maximum atomic E-state index is 12.7. The van der Waals surface area contributed by atoms with Crippen molar-refractivity contribution in [3.63, 3.8) is 0 Å². The number of ketones is 2. The Hall–Kier alpha value is -3.29. The molecule has 0 aromatic carbocycles. The van der Waals surface area contributed by atoms with Crippen LogP contribution in [-0.2, 0) is 12.4 Å². The molecular formula is C16H7F6N3O2. The van der Waals surface area contributed by atoms with E-state index in [0.717, 1.165) is 12.1 Å². The Morgan fingerprint density at radius 3 is 1.52 bits per heavy atom. The molecule has 0 aliphatic heterocycles. The van der Waals surface area contributed by atoms with Gasteiger partial charge in [0.15, 0.2) is 17.5 Å². The van der Waals surface area contributed by atoms with Gasteiger partial charge >= 0.3 is 12.4 Å². The number of rotatable bonds is 4. The standard InChI is InChI=1S/C16H7F6N3O2/c17-15(18,19)11-5-8(1-3-24-11)13(26)10(7-23)14(27)9-2-4-25-12(6-9)16(20,21)22/h1-6,10H. The van der Waals surface area contributed by atoms with E-state index in [-0.39, 0.29) is 0 Å². The Morgan fingerprint density at radius 2 is 1.22 bits per heavy atom. The van der Waals surface area contributed by atoms with Gasteiger partial charge in [-0.15, -0.1) is 0 Å². The maximum Gasteiger partial charge on any atom is 0.433 e. The minimum Gasteiger partial charge on any atom is -0.292 e. The van der Waals surface area contributed by atoms with Crippen LogP contribution in [0.2, 0.25) is 0 Å². The Labute approximate surface area is 147 Å². The number of carbonyl (C=O) groups is 2. The number of alkyl halides is 6. The summed E-state index contributed by atoms with van der Waals surface area (Å²) in [6.45, 7) is 0. The highest BCUT2D eigenvalue weighted by molar-refractivity contribution is 6.18. The van der Waals surface area contributed by atoms with Gasteiger partial charge in [-0.3, -0.25) is 19.6 Å². The maximum absolute atomic E-state index is 12.7. The molecule has 0 saturated carbocycles. The number of hydrogen-bond donors (Lipinski definition) is 0. The van der Waals surface area contributed by atoms with Gasteiger partial charge in [0, 0.05) is 23.5 Å². The minimum absolute atomic E-state index is 0.355. The summed E-state index contributed by atoms with van der Waals surface area (Å²) in [7, 11) is 0. The van der Waals surface area contributed by atoms with Gasteiger partial charge in [0.2, 0.25) is 0 Å². The Bertz CT molecular complexity index is 861. The number of carbonyl (C=O) groups excluding carboxylic acids is 2. The van der Waals surface area contributed by atoms with Gasteiger partial charge in [-0.05, 0) is 24.3 Å². The van der Waals surface area contributed by atoms with E-state index < -0.39 is 52.4 Å². The summed E-state index contributed by atoms with van der Waals surface area (Å²) in [5, 5.41) is 9.08. The summed E-state index contributed by atoms with van der Waals surface area (Å²) in [6, 6.07) is 3.75. The number of halogens is 6. The summed E-state index contributed by atoms with van der Waals surface area (Å²) >= 11 is 0. The predicted octanol–water partition coefficient (Wildman–Crippen LogP) is 3.72. The van der Waals surface area contributed by atoms with E-state index in [1.54, 1.807) is 0 Å².